The van der Waals surface area contributed by atoms with Gasteiger partial charge in [0.25, 0.3) is 0 Å². The van der Waals surface area contributed by atoms with Gasteiger partial charge in [0.15, 0.2) is 5.58 Å². The molecule has 3 rings (SSSR count). The Hall–Kier alpha value is -2.00. The fourth-order valence-corrected chi connectivity index (χ4v) is 1.90. The first kappa shape index (κ1) is 10.2. The van der Waals surface area contributed by atoms with Crippen LogP contribution in [0.15, 0.2) is 51.7 Å². The Balaban J connectivity index is 2.17. The predicted octanol–water partition coefficient (Wildman–Crippen LogP) is 3.44. The van der Waals surface area contributed by atoms with Crippen molar-refractivity contribution in [3.05, 3.63) is 58.0 Å². The summed E-state index contributed by atoms with van der Waals surface area (Å²) < 4.78 is 4.95. The van der Waals surface area contributed by atoms with E-state index in [-0.39, 0.29) is 0 Å². The van der Waals surface area contributed by atoms with Gasteiger partial charge in [0.2, 0.25) is 0 Å². The largest absolute Gasteiger partial charge is 0.417 e. The molecule has 0 bridgehead atoms. The van der Waals surface area contributed by atoms with Crippen molar-refractivity contribution in [1.29, 1.82) is 0 Å². The van der Waals surface area contributed by atoms with Gasteiger partial charge in [-0.25, -0.2) is 4.79 Å². The summed E-state index contributed by atoms with van der Waals surface area (Å²) in [5, 5.41) is 0.701. The van der Waals surface area contributed by atoms with E-state index in [2.05, 4.69) is 4.98 Å². The van der Waals surface area contributed by atoms with Crippen LogP contribution in [0.25, 0.3) is 22.2 Å². The summed E-state index contributed by atoms with van der Waals surface area (Å²) in [7, 11) is 0. The number of halogens is 1. The van der Waals surface area contributed by atoms with Crippen molar-refractivity contribution >= 4 is 22.7 Å². The number of aromatic amines is 1. The molecule has 0 aliphatic rings. The fraction of sp³-hybridized carbons (Fsp3) is 0. The van der Waals surface area contributed by atoms with E-state index < -0.39 is 5.76 Å². The highest BCUT2D eigenvalue weighted by Gasteiger charge is 2.03. The number of rotatable bonds is 1. The third-order valence-corrected chi connectivity index (χ3v) is 2.85. The summed E-state index contributed by atoms with van der Waals surface area (Å²) in [6.45, 7) is 0. The Morgan fingerprint density at radius 2 is 1.71 bits per heavy atom. The van der Waals surface area contributed by atoms with Gasteiger partial charge in [-0.2, -0.15) is 0 Å². The molecule has 0 radical (unpaired) electrons. The first-order chi connectivity index (χ1) is 8.22. The highest BCUT2D eigenvalue weighted by atomic mass is 35.5. The van der Waals surface area contributed by atoms with Crippen LogP contribution in [0.2, 0.25) is 5.02 Å². The number of H-pyrrole nitrogens is 1. The second-order valence-electron chi connectivity index (χ2n) is 3.73. The van der Waals surface area contributed by atoms with E-state index in [0.29, 0.717) is 16.1 Å². The van der Waals surface area contributed by atoms with Crippen molar-refractivity contribution in [3.63, 3.8) is 0 Å². The molecule has 1 aromatic heterocycles. The highest BCUT2D eigenvalue weighted by Crippen LogP contribution is 2.24. The minimum atomic E-state index is -0.437. The standard InChI is InChI=1S/C13H8ClNO2/c14-10-4-1-8(2-5-10)9-3-6-12-11(7-9)15-13(16)17-12/h1-7H,(H,15,16). The maximum atomic E-state index is 11.0. The zero-order chi connectivity index (χ0) is 11.8. The lowest BCUT2D eigenvalue weighted by Gasteiger charge is -2.01. The summed E-state index contributed by atoms with van der Waals surface area (Å²) in [6.07, 6.45) is 0. The number of oxazole rings is 1. The monoisotopic (exact) mass is 245 g/mol. The summed E-state index contributed by atoms with van der Waals surface area (Å²) in [5.74, 6) is -0.437. The molecule has 0 atom stereocenters. The van der Waals surface area contributed by atoms with Crippen LogP contribution in [0.5, 0.6) is 0 Å². The Kier molecular flexibility index (Phi) is 2.27. The average molecular weight is 246 g/mol. The highest BCUT2D eigenvalue weighted by molar-refractivity contribution is 6.30. The molecule has 3 aromatic rings. The van der Waals surface area contributed by atoms with E-state index in [0.717, 1.165) is 11.1 Å². The number of benzene rings is 2. The van der Waals surface area contributed by atoms with Gasteiger partial charge in [-0.15, -0.1) is 0 Å². The summed E-state index contributed by atoms with van der Waals surface area (Å²) in [4.78, 5) is 13.7. The second-order valence-corrected chi connectivity index (χ2v) is 4.17. The van der Waals surface area contributed by atoms with Crippen LogP contribution < -0.4 is 5.76 Å². The van der Waals surface area contributed by atoms with Gasteiger partial charge in [-0.05, 0) is 35.4 Å². The molecule has 1 heterocycles. The third kappa shape index (κ3) is 1.85. The third-order valence-electron chi connectivity index (χ3n) is 2.60. The second kappa shape index (κ2) is 3.79. The molecule has 84 valence electrons. The van der Waals surface area contributed by atoms with Crippen LogP contribution in [0.1, 0.15) is 0 Å². The van der Waals surface area contributed by atoms with Gasteiger partial charge in [-0.1, -0.05) is 29.8 Å². The summed E-state index contributed by atoms with van der Waals surface area (Å²) in [5.41, 5.74) is 3.31. The van der Waals surface area contributed by atoms with Gasteiger partial charge in [-0.3, -0.25) is 4.98 Å². The fourth-order valence-electron chi connectivity index (χ4n) is 1.77. The van der Waals surface area contributed by atoms with Gasteiger partial charge < -0.3 is 4.42 Å². The zero-order valence-electron chi connectivity index (χ0n) is 8.74. The quantitative estimate of drug-likeness (QED) is 0.714. The lowest BCUT2D eigenvalue weighted by atomic mass is 10.1. The molecular formula is C13H8ClNO2. The Bertz CT molecular complexity index is 725. The Morgan fingerprint density at radius 1 is 1.00 bits per heavy atom. The van der Waals surface area contributed by atoms with Gasteiger partial charge in [0, 0.05) is 5.02 Å². The molecule has 3 nitrogen and oxygen atoms in total. The molecule has 0 aliphatic heterocycles. The molecule has 0 spiro atoms. The molecule has 0 saturated carbocycles. The number of aromatic nitrogens is 1. The van der Waals surface area contributed by atoms with E-state index in [1.807, 2.05) is 36.4 Å². The minimum Gasteiger partial charge on any atom is -0.408 e. The van der Waals surface area contributed by atoms with Gasteiger partial charge >= 0.3 is 5.76 Å². The Morgan fingerprint density at radius 3 is 2.47 bits per heavy atom. The van der Waals surface area contributed by atoms with Crippen molar-refractivity contribution < 1.29 is 4.42 Å². The van der Waals surface area contributed by atoms with Gasteiger partial charge in [0.05, 0.1) is 5.52 Å². The van der Waals surface area contributed by atoms with Gasteiger partial charge in [0.1, 0.15) is 0 Å². The molecule has 0 amide bonds. The van der Waals surface area contributed by atoms with E-state index in [1.54, 1.807) is 6.07 Å². The van der Waals surface area contributed by atoms with Crippen molar-refractivity contribution in [2.24, 2.45) is 0 Å². The molecule has 17 heavy (non-hydrogen) atoms. The molecule has 2 aromatic carbocycles. The van der Waals surface area contributed by atoms with E-state index in [9.17, 15) is 4.79 Å². The Labute approximate surface area is 102 Å². The van der Waals surface area contributed by atoms with Crippen molar-refractivity contribution in [1.82, 2.24) is 4.98 Å². The van der Waals surface area contributed by atoms with E-state index in [1.165, 1.54) is 0 Å². The summed E-state index contributed by atoms with van der Waals surface area (Å²) >= 11 is 5.84. The van der Waals surface area contributed by atoms with Crippen LogP contribution in [0.3, 0.4) is 0 Å². The molecule has 0 aliphatic carbocycles. The number of fused-ring (bicyclic) bond motifs is 1. The maximum Gasteiger partial charge on any atom is 0.417 e. The van der Waals surface area contributed by atoms with Crippen molar-refractivity contribution in [3.8, 4) is 11.1 Å². The zero-order valence-corrected chi connectivity index (χ0v) is 9.49. The molecule has 4 heteroatoms. The SMILES string of the molecule is O=c1[nH]c2cc(-c3ccc(Cl)cc3)ccc2o1. The first-order valence-corrected chi connectivity index (χ1v) is 5.49. The number of hydrogen-bond acceptors (Lipinski definition) is 2. The van der Waals surface area contributed by atoms with Crippen LogP contribution >= 0.6 is 11.6 Å². The molecule has 0 unspecified atom stereocenters. The molecule has 0 fully saturated rings. The van der Waals surface area contributed by atoms with Crippen LogP contribution in [0, 0.1) is 0 Å². The molecule has 1 N–H and O–H groups in total. The lowest BCUT2D eigenvalue weighted by Crippen LogP contribution is -1.92. The van der Waals surface area contributed by atoms with Crippen molar-refractivity contribution in [2.45, 2.75) is 0 Å². The minimum absolute atomic E-state index is 0.437. The normalized spacial score (nSPS) is 10.9. The van der Waals surface area contributed by atoms with E-state index >= 15 is 0 Å². The molecule has 0 saturated heterocycles. The van der Waals surface area contributed by atoms with Crippen LogP contribution in [-0.4, -0.2) is 4.98 Å². The first-order valence-electron chi connectivity index (χ1n) is 5.11. The smallest absolute Gasteiger partial charge is 0.408 e. The van der Waals surface area contributed by atoms with Crippen LogP contribution in [-0.2, 0) is 0 Å². The van der Waals surface area contributed by atoms with Crippen molar-refractivity contribution in [2.75, 3.05) is 0 Å². The lowest BCUT2D eigenvalue weighted by molar-refractivity contribution is 0.555. The topological polar surface area (TPSA) is 46.0 Å². The maximum absolute atomic E-state index is 11.0. The predicted molar refractivity (Wildman–Crippen MR) is 67.3 cm³/mol. The van der Waals surface area contributed by atoms with Crippen LogP contribution in [0.4, 0.5) is 0 Å². The average Bonchev–Trinajstić information content (AvgIpc) is 2.69. The number of nitrogens with one attached hydrogen (secondary N) is 1. The summed E-state index contributed by atoms with van der Waals surface area (Å²) in [6, 6.07) is 13.1. The molecular weight excluding hydrogens is 238 g/mol. The van der Waals surface area contributed by atoms with E-state index in [4.69, 9.17) is 16.0 Å². The number of hydrogen-bond donors (Lipinski definition) is 1.